The van der Waals surface area contributed by atoms with Crippen molar-refractivity contribution in [2.24, 2.45) is 5.73 Å². The zero-order chi connectivity index (χ0) is 13.0. The second-order valence-corrected chi connectivity index (χ2v) is 4.56. The Morgan fingerprint density at radius 3 is 3.17 bits per heavy atom. The summed E-state index contributed by atoms with van der Waals surface area (Å²) in [5, 5.41) is 0. The molecule has 0 saturated heterocycles. The molecular formula is C14H19NO3. The van der Waals surface area contributed by atoms with Gasteiger partial charge in [0.2, 0.25) is 0 Å². The minimum absolute atomic E-state index is 0.336. The molecule has 1 aromatic rings. The van der Waals surface area contributed by atoms with E-state index in [-0.39, 0.29) is 5.97 Å². The lowest BCUT2D eigenvalue weighted by Crippen LogP contribution is -2.31. The van der Waals surface area contributed by atoms with Crippen molar-refractivity contribution >= 4 is 5.97 Å². The molecule has 1 aliphatic rings. The third kappa shape index (κ3) is 3.01. The van der Waals surface area contributed by atoms with Gasteiger partial charge in [0.25, 0.3) is 0 Å². The van der Waals surface area contributed by atoms with Crippen molar-refractivity contribution in [1.29, 1.82) is 0 Å². The molecular weight excluding hydrogens is 230 g/mol. The van der Waals surface area contributed by atoms with Gasteiger partial charge in [-0.3, -0.25) is 4.79 Å². The fourth-order valence-electron chi connectivity index (χ4n) is 2.19. The first kappa shape index (κ1) is 12.9. The van der Waals surface area contributed by atoms with E-state index in [0.29, 0.717) is 6.42 Å². The predicted octanol–water partition coefficient (Wildman–Crippen LogP) is 1.44. The van der Waals surface area contributed by atoms with Gasteiger partial charge in [0.05, 0.1) is 13.7 Å². The number of rotatable bonds is 5. The van der Waals surface area contributed by atoms with Crippen LogP contribution in [0.2, 0.25) is 0 Å². The Bertz CT molecular complexity index is 431. The van der Waals surface area contributed by atoms with E-state index in [1.165, 1.54) is 18.2 Å². The molecule has 0 fully saturated rings. The van der Waals surface area contributed by atoms with Crippen molar-refractivity contribution in [2.45, 2.75) is 31.7 Å². The van der Waals surface area contributed by atoms with Gasteiger partial charge in [-0.25, -0.2) is 0 Å². The maximum absolute atomic E-state index is 11.1. The minimum atomic E-state index is -0.507. The molecule has 0 bridgehead atoms. The van der Waals surface area contributed by atoms with Gasteiger partial charge < -0.3 is 15.2 Å². The van der Waals surface area contributed by atoms with Gasteiger partial charge >= 0.3 is 5.97 Å². The second kappa shape index (κ2) is 5.87. The van der Waals surface area contributed by atoms with Gasteiger partial charge in [-0.1, -0.05) is 12.1 Å². The number of carbonyl (C=O) groups is 1. The maximum Gasteiger partial charge on any atom is 0.322 e. The van der Waals surface area contributed by atoms with Gasteiger partial charge in [0, 0.05) is 6.42 Å². The summed E-state index contributed by atoms with van der Waals surface area (Å²) in [6, 6.07) is 5.78. The van der Waals surface area contributed by atoms with Gasteiger partial charge in [-0.05, 0) is 36.5 Å². The third-order valence-corrected chi connectivity index (χ3v) is 3.24. The second-order valence-electron chi connectivity index (χ2n) is 4.56. The monoisotopic (exact) mass is 249 g/mol. The SMILES string of the molecule is COC(=O)C(N)CCCc1ccc2c(c1)CCO2. The van der Waals surface area contributed by atoms with Crippen molar-refractivity contribution in [2.75, 3.05) is 13.7 Å². The first-order chi connectivity index (χ1) is 8.70. The highest BCUT2D eigenvalue weighted by Gasteiger charge is 2.14. The molecule has 0 radical (unpaired) electrons. The first-order valence-electron chi connectivity index (χ1n) is 6.28. The molecule has 4 heteroatoms. The van der Waals surface area contributed by atoms with Gasteiger partial charge in [0.1, 0.15) is 11.8 Å². The Morgan fingerprint density at radius 1 is 1.56 bits per heavy atom. The molecule has 18 heavy (non-hydrogen) atoms. The largest absolute Gasteiger partial charge is 0.493 e. The molecule has 2 N–H and O–H groups in total. The zero-order valence-corrected chi connectivity index (χ0v) is 10.6. The highest BCUT2D eigenvalue weighted by Crippen LogP contribution is 2.26. The van der Waals surface area contributed by atoms with Gasteiger partial charge in [-0.2, -0.15) is 0 Å². The van der Waals surface area contributed by atoms with Crippen molar-refractivity contribution in [3.8, 4) is 5.75 Å². The molecule has 0 aliphatic carbocycles. The van der Waals surface area contributed by atoms with E-state index in [1.807, 2.05) is 6.07 Å². The molecule has 1 heterocycles. The van der Waals surface area contributed by atoms with E-state index in [2.05, 4.69) is 16.9 Å². The van der Waals surface area contributed by atoms with Crippen molar-refractivity contribution in [3.05, 3.63) is 29.3 Å². The van der Waals surface area contributed by atoms with Crippen LogP contribution in [0.15, 0.2) is 18.2 Å². The topological polar surface area (TPSA) is 61.5 Å². The Kier molecular flexibility index (Phi) is 4.20. The van der Waals surface area contributed by atoms with E-state index in [1.54, 1.807) is 0 Å². The Hall–Kier alpha value is -1.55. The number of nitrogens with two attached hydrogens (primary N) is 1. The van der Waals surface area contributed by atoms with Crippen LogP contribution in [0.5, 0.6) is 5.75 Å². The molecule has 2 rings (SSSR count). The molecule has 1 atom stereocenters. The lowest BCUT2D eigenvalue weighted by Gasteiger charge is -2.09. The molecule has 98 valence electrons. The van der Waals surface area contributed by atoms with Crippen LogP contribution in [0.3, 0.4) is 0 Å². The van der Waals surface area contributed by atoms with Crippen molar-refractivity contribution < 1.29 is 14.3 Å². The number of fused-ring (bicyclic) bond motifs is 1. The van der Waals surface area contributed by atoms with Crippen LogP contribution < -0.4 is 10.5 Å². The molecule has 1 aliphatic heterocycles. The number of benzene rings is 1. The van der Waals surface area contributed by atoms with Crippen LogP contribution in [0.25, 0.3) is 0 Å². The van der Waals surface area contributed by atoms with Gasteiger partial charge in [-0.15, -0.1) is 0 Å². The van der Waals surface area contributed by atoms with Crippen LogP contribution >= 0.6 is 0 Å². The summed E-state index contributed by atoms with van der Waals surface area (Å²) in [7, 11) is 1.36. The number of methoxy groups -OCH3 is 1. The van der Waals surface area contributed by atoms with Gasteiger partial charge in [0.15, 0.2) is 0 Å². The Morgan fingerprint density at radius 2 is 2.39 bits per heavy atom. The number of esters is 1. The number of aryl methyl sites for hydroxylation is 1. The molecule has 1 aromatic carbocycles. The normalized spacial score (nSPS) is 14.8. The first-order valence-corrected chi connectivity index (χ1v) is 6.28. The van der Waals surface area contributed by atoms with E-state index in [4.69, 9.17) is 10.5 Å². The zero-order valence-electron chi connectivity index (χ0n) is 10.6. The summed E-state index contributed by atoms with van der Waals surface area (Å²) >= 11 is 0. The predicted molar refractivity (Wildman–Crippen MR) is 68.6 cm³/mol. The maximum atomic E-state index is 11.1. The summed E-state index contributed by atoms with van der Waals surface area (Å²) < 4.78 is 10.1. The summed E-state index contributed by atoms with van der Waals surface area (Å²) in [4.78, 5) is 11.1. The van der Waals surface area contributed by atoms with E-state index >= 15 is 0 Å². The van der Waals surface area contributed by atoms with Crippen LogP contribution in [0.4, 0.5) is 0 Å². The number of hydrogen-bond donors (Lipinski definition) is 1. The fourth-order valence-corrected chi connectivity index (χ4v) is 2.19. The van der Waals surface area contributed by atoms with E-state index in [9.17, 15) is 4.79 Å². The van der Waals surface area contributed by atoms with Crippen LogP contribution in [0.1, 0.15) is 24.0 Å². The molecule has 1 unspecified atom stereocenters. The number of hydrogen-bond acceptors (Lipinski definition) is 4. The van der Waals surface area contributed by atoms with Crippen molar-refractivity contribution in [3.63, 3.8) is 0 Å². The Balaban J connectivity index is 1.82. The Labute approximate surface area is 107 Å². The highest BCUT2D eigenvalue weighted by molar-refractivity contribution is 5.75. The molecule has 0 aromatic heterocycles. The summed E-state index contributed by atoms with van der Waals surface area (Å²) in [6.45, 7) is 0.784. The van der Waals surface area contributed by atoms with E-state index < -0.39 is 6.04 Å². The third-order valence-electron chi connectivity index (χ3n) is 3.24. The average Bonchev–Trinajstić information content (AvgIpc) is 2.85. The van der Waals surface area contributed by atoms with E-state index in [0.717, 1.165) is 31.6 Å². The number of ether oxygens (including phenoxy) is 2. The fraction of sp³-hybridized carbons (Fsp3) is 0.500. The van der Waals surface area contributed by atoms with Crippen LogP contribution in [0, 0.1) is 0 Å². The summed E-state index contributed by atoms with van der Waals surface area (Å²) in [6.07, 6.45) is 3.46. The molecule has 4 nitrogen and oxygen atoms in total. The summed E-state index contributed by atoms with van der Waals surface area (Å²) in [5.41, 5.74) is 8.24. The number of carbonyl (C=O) groups excluding carboxylic acids is 1. The molecule has 0 saturated carbocycles. The standard InChI is InChI=1S/C14H19NO3/c1-17-14(16)12(15)4-2-3-10-5-6-13-11(9-10)7-8-18-13/h5-6,9,12H,2-4,7-8,15H2,1H3. The van der Waals surface area contributed by atoms with Crippen LogP contribution in [-0.4, -0.2) is 25.7 Å². The molecule has 0 amide bonds. The molecule has 0 spiro atoms. The van der Waals surface area contributed by atoms with Crippen molar-refractivity contribution in [1.82, 2.24) is 0 Å². The lowest BCUT2D eigenvalue weighted by molar-refractivity contribution is -0.142. The average molecular weight is 249 g/mol. The van der Waals surface area contributed by atoms with Crippen LogP contribution in [-0.2, 0) is 22.4 Å². The summed E-state index contributed by atoms with van der Waals surface area (Å²) in [5.74, 6) is 0.669. The quantitative estimate of drug-likeness (QED) is 0.802. The highest BCUT2D eigenvalue weighted by atomic mass is 16.5. The lowest BCUT2D eigenvalue weighted by atomic mass is 10.0. The minimum Gasteiger partial charge on any atom is -0.493 e. The smallest absolute Gasteiger partial charge is 0.322 e.